The van der Waals surface area contributed by atoms with Crippen LogP contribution in [0.5, 0.6) is 0 Å². The Morgan fingerprint density at radius 1 is 1.41 bits per heavy atom. The monoisotopic (exact) mass is 237 g/mol. The van der Waals surface area contributed by atoms with Crippen LogP contribution < -0.4 is 0 Å². The normalized spacial score (nSPS) is 17.4. The van der Waals surface area contributed by atoms with E-state index in [4.69, 9.17) is 0 Å². The van der Waals surface area contributed by atoms with E-state index in [1.54, 1.807) is 18.2 Å². The molecule has 0 radical (unpaired) electrons. The molecule has 0 heterocycles. The minimum Gasteiger partial charge on any atom is -0.388 e. The van der Waals surface area contributed by atoms with Gasteiger partial charge in [0.1, 0.15) is 5.82 Å². The maximum atomic E-state index is 13.4. The van der Waals surface area contributed by atoms with E-state index in [-0.39, 0.29) is 5.82 Å². The maximum Gasteiger partial charge on any atom is 0.128 e. The largest absolute Gasteiger partial charge is 0.388 e. The molecule has 1 aromatic rings. The lowest BCUT2D eigenvalue weighted by Crippen LogP contribution is -2.23. The lowest BCUT2D eigenvalue weighted by molar-refractivity contribution is 0.144. The first-order chi connectivity index (χ1) is 8.16. The van der Waals surface area contributed by atoms with Crippen LogP contribution in [0.1, 0.15) is 30.9 Å². The minimum absolute atomic E-state index is 0.315. The number of halogens is 1. The Bertz CT molecular complexity index is 365. The fraction of sp³-hybridized carbons (Fsp3) is 0.571. The van der Waals surface area contributed by atoms with Gasteiger partial charge in [0.05, 0.1) is 6.10 Å². The number of aliphatic hydroxyl groups excluding tert-OH is 1. The Morgan fingerprint density at radius 2 is 2.12 bits per heavy atom. The zero-order chi connectivity index (χ0) is 12.3. The molecule has 2 rings (SSSR count). The van der Waals surface area contributed by atoms with Crippen LogP contribution in [-0.4, -0.2) is 30.1 Å². The second kappa shape index (κ2) is 5.61. The first-order valence-electron chi connectivity index (χ1n) is 6.28. The summed E-state index contributed by atoms with van der Waals surface area (Å²) in [7, 11) is 2.06. The molecule has 1 atom stereocenters. The van der Waals surface area contributed by atoms with Crippen molar-refractivity contribution in [2.45, 2.75) is 25.4 Å². The molecule has 0 amide bonds. The third-order valence-corrected chi connectivity index (χ3v) is 3.32. The highest BCUT2D eigenvalue weighted by Crippen LogP contribution is 2.29. The first kappa shape index (κ1) is 12.5. The number of rotatable bonds is 6. The first-order valence-corrected chi connectivity index (χ1v) is 6.28. The summed E-state index contributed by atoms with van der Waals surface area (Å²) >= 11 is 0. The van der Waals surface area contributed by atoms with E-state index in [0.717, 1.165) is 19.0 Å². The number of benzene rings is 1. The summed E-state index contributed by atoms with van der Waals surface area (Å²) in [5.41, 5.74) is 0.410. The summed E-state index contributed by atoms with van der Waals surface area (Å²) in [6.07, 6.45) is 2.56. The number of aliphatic hydroxyl groups is 1. The summed E-state index contributed by atoms with van der Waals surface area (Å²) in [5.74, 6) is 0.537. The van der Waals surface area contributed by atoms with Gasteiger partial charge in [-0.2, -0.15) is 0 Å². The molecule has 0 aromatic heterocycles. The minimum atomic E-state index is -0.696. The average molecular weight is 237 g/mol. The highest BCUT2D eigenvalue weighted by atomic mass is 19.1. The summed E-state index contributed by atoms with van der Waals surface area (Å²) < 4.78 is 13.4. The molecule has 17 heavy (non-hydrogen) atoms. The van der Waals surface area contributed by atoms with Crippen LogP contribution in [0.4, 0.5) is 4.39 Å². The third kappa shape index (κ3) is 3.79. The van der Waals surface area contributed by atoms with Gasteiger partial charge in [0.2, 0.25) is 0 Å². The number of nitrogens with zero attached hydrogens (tertiary/aromatic N) is 1. The van der Waals surface area contributed by atoms with E-state index in [2.05, 4.69) is 11.9 Å². The Hall–Kier alpha value is -0.930. The second-order valence-electron chi connectivity index (χ2n) is 5.03. The van der Waals surface area contributed by atoms with Crippen LogP contribution in [-0.2, 0) is 0 Å². The maximum absolute atomic E-state index is 13.4. The zero-order valence-electron chi connectivity index (χ0n) is 10.3. The molecule has 1 aliphatic carbocycles. The molecule has 0 spiro atoms. The Kier molecular flexibility index (Phi) is 4.13. The van der Waals surface area contributed by atoms with Crippen molar-refractivity contribution >= 4 is 0 Å². The summed E-state index contributed by atoms with van der Waals surface area (Å²) in [4.78, 5) is 2.22. The van der Waals surface area contributed by atoms with Gasteiger partial charge in [-0.25, -0.2) is 4.39 Å². The summed E-state index contributed by atoms with van der Waals surface area (Å²) in [6, 6.07) is 6.45. The molecule has 0 aliphatic heterocycles. The van der Waals surface area contributed by atoms with Crippen molar-refractivity contribution in [3.05, 3.63) is 35.6 Å². The third-order valence-electron chi connectivity index (χ3n) is 3.32. The van der Waals surface area contributed by atoms with Crippen molar-refractivity contribution in [3.63, 3.8) is 0 Å². The molecular weight excluding hydrogens is 217 g/mol. The Balaban J connectivity index is 1.80. The van der Waals surface area contributed by atoms with Crippen LogP contribution in [0.25, 0.3) is 0 Å². The van der Waals surface area contributed by atoms with E-state index in [1.807, 2.05) is 0 Å². The zero-order valence-corrected chi connectivity index (χ0v) is 10.3. The van der Waals surface area contributed by atoms with Gasteiger partial charge in [-0.15, -0.1) is 0 Å². The lowest BCUT2D eigenvalue weighted by atomic mass is 10.1. The van der Waals surface area contributed by atoms with Gasteiger partial charge >= 0.3 is 0 Å². The molecule has 1 fully saturated rings. The Labute approximate surface area is 102 Å². The molecule has 2 nitrogen and oxygen atoms in total. The molecule has 3 heteroatoms. The van der Waals surface area contributed by atoms with Crippen molar-refractivity contribution in [2.75, 3.05) is 20.1 Å². The van der Waals surface area contributed by atoms with Gasteiger partial charge in [-0.1, -0.05) is 18.2 Å². The molecule has 1 aromatic carbocycles. The van der Waals surface area contributed by atoms with Gasteiger partial charge in [0.25, 0.3) is 0 Å². The van der Waals surface area contributed by atoms with Crippen LogP contribution in [0, 0.1) is 11.7 Å². The van der Waals surface area contributed by atoms with Crippen molar-refractivity contribution in [2.24, 2.45) is 5.92 Å². The van der Waals surface area contributed by atoms with Gasteiger partial charge < -0.3 is 10.0 Å². The fourth-order valence-electron chi connectivity index (χ4n) is 2.08. The van der Waals surface area contributed by atoms with E-state index in [1.165, 1.54) is 18.9 Å². The lowest BCUT2D eigenvalue weighted by Gasteiger charge is -2.19. The second-order valence-corrected chi connectivity index (χ2v) is 5.03. The van der Waals surface area contributed by atoms with E-state index in [9.17, 15) is 9.50 Å². The molecule has 0 bridgehead atoms. The fourth-order valence-corrected chi connectivity index (χ4v) is 2.08. The number of hydrogen-bond donors (Lipinski definition) is 1. The highest BCUT2D eigenvalue weighted by Gasteiger charge is 2.23. The SMILES string of the molecule is CN(CCC(O)c1ccccc1F)CC1CC1. The highest BCUT2D eigenvalue weighted by molar-refractivity contribution is 5.19. The molecule has 1 aliphatic rings. The number of hydrogen-bond acceptors (Lipinski definition) is 2. The van der Waals surface area contributed by atoms with Gasteiger partial charge in [0, 0.05) is 18.7 Å². The predicted molar refractivity (Wildman–Crippen MR) is 66.2 cm³/mol. The standard InChI is InChI=1S/C14H20FNO/c1-16(10-11-6-7-11)9-8-14(17)12-4-2-3-5-13(12)15/h2-5,11,14,17H,6-10H2,1H3. The van der Waals surface area contributed by atoms with Gasteiger partial charge in [0.15, 0.2) is 0 Å². The van der Waals surface area contributed by atoms with E-state index < -0.39 is 6.10 Å². The van der Waals surface area contributed by atoms with E-state index in [0.29, 0.717) is 12.0 Å². The molecule has 1 saturated carbocycles. The molecular formula is C14H20FNO. The molecule has 1 unspecified atom stereocenters. The molecule has 1 N–H and O–H groups in total. The molecule has 94 valence electrons. The Morgan fingerprint density at radius 3 is 2.76 bits per heavy atom. The summed E-state index contributed by atoms with van der Waals surface area (Å²) in [5, 5.41) is 9.93. The van der Waals surface area contributed by atoms with Crippen LogP contribution in [0.2, 0.25) is 0 Å². The van der Waals surface area contributed by atoms with Crippen molar-refractivity contribution in [1.82, 2.24) is 4.90 Å². The summed E-state index contributed by atoms with van der Waals surface area (Å²) in [6.45, 7) is 1.91. The predicted octanol–water partition coefficient (Wildman–Crippen LogP) is 2.59. The van der Waals surface area contributed by atoms with Crippen LogP contribution in [0.15, 0.2) is 24.3 Å². The van der Waals surface area contributed by atoms with Gasteiger partial charge in [-0.3, -0.25) is 0 Å². The average Bonchev–Trinajstić information content (AvgIpc) is 3.10. The van der Waals surface area contributed by atoms with Crippen molar-refractivity contribution in [1.29, 1.82) is 0 Å². The van der Waals surface area contributed by atoms with Crippen molar-refractivity contribution in [3.8, 4) is 0 Å². The smallest absolute Gasteiger partial charge is 0.128 e. The van der Waals surface area contributed by atoms with Crippen LogP contribution >= 0.6 is 0 Å². The van der Waals surface area contributed by atoms with Crippen molar-refractivity contribution < 1.29 is 9.50 Å². The van der Waals surface area contributed by atoms with E-state index >= 15 is 0 Å². The van der Waals surface area contributed by atoms with Gasteiger partial charge in [-0.05, 0) is 38.3 Å². The molecule has 0 saturated heterocycles. The topological polar surface area (TPSA) is 23.5 Å². The quantitative estimate of drug-likeness (QED) is 0.822. The van der Waals surface area contributed by atoms with Crippen LogP contribution in [0.3, 0.4) is 0 Å².